The van der Waals surface area contributed by atoms with Gasteiger partial charge in [0.25, 0.3) is 0 Å². The van der Waals surface area contributed by atoms with E-state index in [-0.39, 0.29) is 5.97 Å². The van der Waals surface area contributed by atoms with Gasteiger partial charge in [0.1, 0.15) is 22.7 Å². The van der Waals surface area contributed by atoms with Crippen LogP contribution in [0.5, 0.6) is 5.75 Å². The molecular weight excluding hydrogens is 304 g/mol. The third kappa shape index (κ3) is 3.13. The molecule has 3 rings (SSSR count). The second-order valence-electron chi connectivity index (χ2n) is 5.40. The molecule has 3 aromatic rings. The molecule has 0 fully saturated rings. The topological polar surface area (TPSA) is 48.7 Å². The molecule has 1 heterocycles. The normalized spacial score (nSPS) is 10.8. The molecule has 0 saturated heterocycles. The van der Waals surface area contributed by atoms with Crippen molar-refractivity contribution in [1.82, 2.24) is 0 Å². The van der Waals surface area contributed by atoms with E-state index >= 15 is 0 Å². The van der Waals surface area contributed by atoms with Crippen LogP contribution in [-0.2, 0) is 4.74 Å². The highest BCUT2D eigenvalue weighted by molar-refractivity contribution is 6.09. The van der Waals surface area contributed by atoms with Crippen molar-refractivity contribution < 1.29 is 18.7 Å². The second-order valence-corrected chi connectivity index (χ2v) is 5.40. The fraction of sp³-hybridized carbons (Fsp3) is 0.250. The maximum atomic E-state index is 12.5. The average molecular weight is 324 g/mol. The van der Waals surface area contributed by atoms with Gasteiger partial charge in [-0.3, -0.25) is 0 Å². The van der Waals surface area contributed by atoms with Crippen LogP contribution in [0.25, 0.3) is 22.3 Å². The summed E-state index contributed by atoms with van der Waals surface area (Å²) in [7, 11) is 0. The molecule has 0 aliphatic heterocycles. The van der Waals surface area contributed by atoms with Gasteiger partial charge in [0.2, 0.25) is 0 Å². The van der Waals surface area contributed by atoms with Crippen LogP contribution >= 0.6 is 0 Å². The Morgan fingerprint density at radius 1 is 1.08 bits per heavy atom. The Morgan fingerprint density at radius 2 is 1.88 bits per heavy atom. The van der Waals surface area contributed by atoms with E-state index in [2.05, 4.69) is 0 Å². The quantitative estimate of drug-likeness (QED) is 0.594. The van der Waals surface area contributed by atoms with E-state index in [0.29, 0.717) is 35.5 Å². The summed E-state index contributed by atoms with van der Waals surface area (Å²) >= 11 is 0. The molecule has 0 N–H and O–H groups in total. The molecule has 1 aromatic heterocycles. The first-order chi connectivity index (χ1) is 11.7. The van der Waals surface area contributed by atoms with Crippen LogP contribution in [0.4, 0.5) is 0 Å². The molecule has 0 saturated carbocycles. The minimum absolute atomic E-state index is 0.311. The molecular formula is C20H20O4. The number of furan rings is 1. The lowest BCUT2D eigenvalue weighted by Crippen LogP contribution is -2.05. The van der Waals surface area contributed by atoms with Gasteiger partial charge >= 0.3 is 5.97 Å². The number of ether oxygens (including phenoxy) is 2. The lowest BCUT2D eigenvalue weighted by Gasteiger charge is -2.05. The van der Waals surface area contributed by atoms with E-state index in [1.807, 2.05) is 55.5 Å². The first kappa shape index (κ1) is 16.1. The number of hydrogen-bond donors (Lipinski definition) is 0. The Kier molecular flexibility index (Phi) is 4.85. The van der Waals surface area contributed by atoms with Gasteiger partial charge in [0.15, 0.2) is 0 Å². The number of esters is 1. The number of benzene rings is 2. The molecule has 4 nitrogen and oxygen atoms in total. The smallest absolute Gasteiger partial charge is 0.342 e. The fourth-order valence-electron chi connectivity index (χ4n) is 2.59. The summed E-state index contributed by atoms with van der Waals surface area (Å²) in [5.41, 5.74) is 1.92. The van der Waals surface area contributed by atoms with Gasteiger partial charge in [-0.1, -0.05) is 37.3 Å². The molecule has 124 valence electrons. The van der Waals surface area contributed by atoms with Crippen LogP contribution in [-0.4, -0.2) is 19.2 Å². The monoisotopic (exact) mass is 324 g/mol. The molecule has 0 spiro atoms. The molecule has 4 heteroatoms. The molecule has 0 radical (unpaired) electrons. The van der Waals surface area contributed by atoms with Gasteiger partial charge in [-0.25, -0.2) is 4.79 Å². The van der Waals surface area contributed by atoms with Gasteiger partial charge in [0.05, 0.1) is 13.2 Å². The van der Waals surface area contributed by atoms with Crippen LogP contribution in [0.15, 0.2) is 52.9 Å². The minimum atomic E-state index is -0.386. The van der Waals surface area contributed by atoms with Gasteiger partial charge in [-0.15, -0.1) is 0 Å². The lowest BCUT2D eigenvalue weighted by atomic mass is 10.1. The largest absolute Gasteiger partial charge is 0.494 e. The summed E-state index contributed by atoms with van der Waals surface area (Å²) < 4.78 is 16.9. The maximum Gasteiger partial charge on any atom is 0.342 e. The van der Waals surface area contributed by atoms with Crippen molar-refractivity contribution in [2.24, 2.45) is 0 Å². The van der Waals surface area contributed by atoms with Crippen LogP contribution in [0.3, 0.4) is 0 Å². The molecule has 24 heavy (non-hydrogen) atoms. The number of hydrogen-bond acceptors (Lipinski definition) is 4. The number of fused-ring (bicyclic) bond motifs is 1. The Hall–Kier alpha value is -2.75. The summed E-state index contributed by atoms with van der Waals surface area (Å²) in [6.45, 7) is 4.78. The molecule has 0 bridgehead atoms. The SMILES string of the molecule is CCCOc1ccc2oc(-c3ccccc3)c(C(=O)OCC)c2c1. The van der Waals surface area contributed by atoms with Crippen LogP contribution in [0.1, 0.15) is 30.6 Å². The van der Waals surface area contributed by atoms with E-state index in [4.69, 9.17) is 13.9 Å². The average Bonchev–Trinajstić information content (AvgIpc) is 2.99. The van der Waals surface area contributed by atoms with E-state index in [0.717, 1.165) is 17.7 Å². The predicted octanol–water partition coefficient (Wildman–Crippen LogP) is 5.07. The summed E-state index contributed by atoms with van der Waals surface area (Å²) in [5.74, 6) is 0.856. The molecule has 0 atom stereocenters. The molecule has 2 aromatic carbocycles. The Morgan fingerprint density at radius 3 is 2.58 bits per heavy atom. The zero-order valence-corrected chi connectivity index (χ0v) is 13.9. The van der Waals surface area contributed by atoms with E-state index in [1.165, 1.54) is 0 Å². The van der Waals surface area contributed by atoms with Crippen LogP contribution in [0, 0.1) is 0 Å². The highest BCUT2D eigenvalue weighted by Crippen LogP contribution is 2.36. The van der Waals surface area contributed by atoms with Crippen molar-refractivity contribution in [2.45, 2.75) is 20.3 Å². The molecule has 0 aliphatic rings. The summed E-state index contributed by atoms with van der Waals surface area (Å²) in [6, 6.07) is 15.1. The van der Waals surface area contributed by atoms with Crippen molar-refractivity contribution in [3.63, 3.8) is 0 Å². The summed E-state index contributed by atoms with van der Waals surface area (Å²) in [6.07, 6.45) is 0.920. The lowest BCUT2D eigenvalue weighted by molar-refractivity contribution is 0.0529. The predicted molar refractivity (Wildman–Crippen MR) is 93.4 cm³/mol. The third-order valence-electron chi connectivity index (χ3n) is 3.65. The minimum Gasteiger partial charge on any atom is -0.494 e. The summed E-state index contributed by atoms with van der Waals surface area (Å²) in [5, 5.41) is 0.709. The van der Waals surface area contributed by atoms with Gasteiger partial charge in [0, 0.05) is 10.9 Å². The van der Waals surface area contributed by atoms with Crippen molar-refractivity contribution in [3.05, 3.63) is 54.1 Å². The standard InChI is InChI=1S/C20H20O4/c1-3-12-23-15-10-11-17-16(13-15)18(20(21)22-4-2)19(24-17)14-8-6-5-7-9-14/h5-11,13H,3-4,12H2,1-2H3. The van der Waals surface area contributed by atoms with E-state index < -0.39 is 0 Å². The second kappa shape index (κ2) is 7.21. The number of rotatable bonds is 6. The zero-order valence-electron chi connectivity index (χ0n) is 13.9. The van der Waals surface area contributed by atoms with E-state index in [1.54, 1.807) is 6.92 Å². The van der Waals surface area contributed by atoms with Crippen molar-refractivity contribution in [2.75, 3.05) is 13.2 Å². The highest BCUT2D eigenvalue weighted by Gasteiger charge is 2.23. The van der Waals surface area contributed by atoms with E-state index in [9.17, 15) is 4.79 Å². The van der Waals surface area contributed by atoms with Crippen molar-refractivity contribution in [3.8, 4) is 17.1 Å². The molecule has 0 aliphatic carbocycles. The zero-order chi connectivity index (χ0) is 16.9. The van der Waals surface area contributed by atoms with Gasteiger partial charge < -0.3 is 13.9 Å². The van der Waals surface area contributed by atoms with Gasteiger partial charge in [-0.05, 0) is 31.5 Å². The first-order valence-corrected chi connectivity index (χ1v) is 8.16. The first-order valence-electron chi connectivity index (χ1n) is 8.16. The van der Waals surface area contributed by atoms with Crippen LogP contribution < -0.4 is 4.74 Å². The van der Waals surface area contributed by atoms with Crippen LogP contribution in [0.2, 0.25) is 0 Å². The number of carbonyl (C=O) groups excluding carboxylic acids is 1. The maximum absolute atomic E-state index is 12.5. The fourth-order valence-corrected chi connectivity index (χ4v) is 2.59. The third-order valence-corrected chi connectivity index (χ3v) is 3.65. The summed E-state index contributed by atoms with van der Waals surface area (Å²) in [4.78, 5) is 12.5. The van der Waals surface area contributed by atoms with Gasteiger partial charge in [-0.2, -0.15) is 0 Å². The number of carbonyl (C=O) groups is 1. The Labute approximate surface area is 141 Å². The van der Waals surface area contributed by atoms with Crippen molar-refractivity contribution >= 4 is 16.9 Å². The highest BCUT2D eigenvalue weighted by atomic mass is 16.5. The Bertz CT molecular complexity index is 833. The Balaban J connectivity index is 2.16. The molecule has 0 unspecified atom stereocenters. The molecule has 0 amide bonds. The van der Waals surface area contributed by atoms with Crippen molar-refractivity contribution in [1.29, 1.82) is 0 Å².